The van der Waals surface area contributed by atoms with Gasteiger partial charge in [0, 0.05) is 0 Å². The van der Waals surface area contributed by atoms with Gasteiger partial charge >= 0.3 is 0 Å². The number of nitrogens with zero attached hydrogens (tertiary/aromatic N) is 1. The summed E-state index contributed by atoms with van der Waals surface area (Å²) in [5.74, 6) is 0. The summed E-state index contributed by atoms with van der Waals surface area (Å²) in [6.07, 6.45) is 7.02. The van der Waals surface area contributed by atoms with E-state index >= 15 is 0 Å². The molecule has 1 heteroatoms. The Kier molecular flexibility index (Phi) is 5.14. The molecule has 19 heavy (non-hydrogen) atoms. The minimum Gasteiger partial charge on any atom is -0.290 e. The van der Waals surface area contributed by atoms with Gasteiger partial charge in [-0.2, -0.15) is 0 Å². The molecule has 0 bridgehead atoms. The highest BCUT2D eigenvalue weighted by Crippen LogP contribution is 2.22. The van der Waals surface area contributed by atoms with E-state index < -0.39 is 0 Å². The molecule has 0 saturated heterocycles. The van der Waals surface area contributed by atoms with E-state index in [1.54, 1.807) is 0 Å². The molecule has 2 rings (SSSR count). The van der Waals surface area contributed by atoms with Crippen molar-refractivity contribution >= 4 is 17.0 Å². The van der Waals surface area contributed by atoms with Gasteiger partial charge in [-0.25, -0.2) is 0 Å². The van der Waals surface area contributed by atoms with Gasteiger partial charge in [-0.05, 0) is 48.4 Å². The summed E-state index contributed by atoms with van der Waals surface area (Å²) in [6.45, 7) is 4.40. The maximum atomic E-state index is 4.65. The van der Waals surface area contributed by atoms with E-state index in [2.05, 4.69) is 67.5 Å². The van der Waals surface area contributed by atoms with Gasteiger partial charge in [0.15, 0.2) is 0 Å². The molecule has 0 N–H and O–H groups in total. The lowest BCUT2D eigenvalue weighted by molar-refractivity contribution is 0.740. The Balaban J connectivity index is 2.02. The number of hydrogen-bond donors (Lipinski definition) is 0. The van der Waals surface area contributed by atoms with Crippen LogP contribution in [0.25, 0.3) is 10.8 Å². The van der Waals surface area contributed by atoms with E-state index in [9.17, 15) is 0 Å². The Hall–Kier alpha value is -1.63. The van der Waals surface area contributed by atoms with Gasteiger partial charge in [-0.15, -0.1) is 0 Å². The average Bonchev–Trinajstić information content (AvgIpc) is 2.46. The van der Waals surface area contributed by atoms with Crippen molar-refractivity contribution in [3.63, 3.8) is 0 Å². The van der Waals surface area contributed by atoms with E-state index in [4.69, 9.17) is 0 Å². The second-order valence-electron chi connectivity index (χ2n) is 5.11. The molecule has 0 heterocycles. The van der Waals surface area contributed by atoms with Crippen LogP contribution in [0.5, 0.6) is 0 Å². The van der Waals surface area contributed by atoms with Crippen LogP contribution in [0.1, 0.15) is 51.1 Å². The van der Waals surface area contributed by atoms with Gasteiger partial charge in [-0.3, -0.25) is 4.99 Å². The first-order chi connectivity index (χ1) is 9.31. The normalized spacial score (nSPS) is 13.2. The van der Waals surface area contributed by atoms with Crippen molar-refractivity contribution in [2.45, 2.75) is 45.6 Å². The summed E-state index contributed by atoms with van der Waals surface area (Å²) in [4.78, 5) is 4.65. The van der Waals surface area contributed by atoms with Gasteiger partial charge in [0.2, 0.25) is 0 Å². The molecule has 2 aromatic rings. The lowest BCUT2D eigenvalue weighted by atomic mass is 10.0. The van der Waals surface area contributed by atoms with E-state index in [-0.39, 0.29) is 6.04 Å². The third-order valence-corrected chi connectivity index (χ3v) is 3.52. The van der Waals surface area contributed by atoms with E-state index in [1.165, 1.54) is 35.6 Å². The summed E-state index contributed by atoms with van der Waals surface area (Å²) in [5, 5.41) is 2.60. The van der Waals surface area contributed by atoms with Gasteiger partial charge in [0.05, 0.1) is 6.04 Å². The van der Waals surface area contributed by atoms with Gasteiger partial charge in [0.1, 0.15) is 0 Å². The van der Waals surface area contributed by atoms with Gasteiger partial charge in [-0.1, -0.05) is 56.2 Å². The molecule has 0 amide bonds. The molecule has 1 nitrogen and oxygen atoms in total. The van der Waals surface area contributed by atoms with Crippen LogP contribution in [0, 0.1) is 0 Å². The zero-order valence-corrected chi connectivity index (χ0v) is 12.0. The molecule has 0 aliphatic rings. The minimum atomic E-state index is 0.256. The molecule has 0 aliphatic heterocycles. The molecule has 2 aromatic carbocycles. The molecular weight excluding hydrogens is 230 g/mol. The molecule has 0 saturated carbocycles. The largest absolute Gasteiger partial charge is 0.290 e. The fraction of sp³-hybridized carbons (Fsp3) is 0.389. The molecule has 1 unspecified atom stereocenters. The molecular formula is C18H23N. The number of benzene rings is 2. The average molecular weight is 253 g/mol. The van der Waals surface area contributed by atoms with Crippen LogP contribution in [-0.2, 0) is 0 Å². The van der Waals surface area contributed by atoms with Crippen LogP contribution in [0.2, 0.25) is 0 Å². The zero-order valence-electron chi connectivity index (χ0n) is 12.0. The second-order valence-corrected chi connectivity index (χ2v) is 5.11. The lowest BCUT2D eigenvalue weighted by Gasteiger charge is -2.08. The Labute approximate surface area is 116 Å². The Bertz CT molecular complexity index is 542. The topological polar surface area (TPSA) is 12.4 Å². The number of hydrogen-bond acceptors (Lipinski definition) is 1. The van der Waals surface area contributed by atoms with Crippen LogP contribution >= 0.6 is 0 Å². The highest BCUT2D eigenvalue weighted by molar-refractivity contribution is 5.83. The van der Waals surface area contributed by atoms with Gasteiger partial charge < -0.3 is 0 Å². The molecule has 1 atom stereocenters. The molecule has 0 radical (unpaired) electrons. The standard InChI is InChI=1S/C18H23N/c1-3-4-5-8-13-19-15(2)17-12-11-16-9-6-7-10-18(16)14-17/h6-7,9-15H,3-5,8H2,1-2H3. The van der Waals surface area contributed by atoms with E-state index in [1.807, 2.05) is 0 Å². The van der Waals surface area contributed by atoms with Crippen molar-refractivity contribution in [1.29, 1.82) is 0 Å². The Morgan fingerprint density at radius 2 is 1.84 bits per heavy atom. The maximum Gasteiger partial charge on any atom is 0.0717 e. The van der Waals surface area contributed by atoms with Crippen molar-refractivity contribution in [3.05, 3.63) is 48.0 Å². The van der Waals surface area contributed by atoms with Crippen LogP contribution < -0.4 is 0 Å². The highest BCUT2D eigenvalue weighted by Gasteiger charge is 2.03. The summed E-state index contributed by atoms with van der Waals surface area (Å²) in [5.41, 5.74) is 1.30. The molecule has 0 fully saturated rings. The zero-order chi connectivity index (χ0) is 13.5. The summed E-state index contributed by atoms with van der Waals surface area (Å²) in [7, 11) is 0. The third kappa shape index (κ3) is 3.92. The van der Waals surface area contributed by atoms with Crippen molar-refractivity contribution in [2.75, 3.05) is 0 Å². The molecule has 0 spiro atoms. The Morgan fingerprint density at radius 1 is 1.05 bits per heavy atom. The van der Waals surface area contributed by atoms with E-state index in [0.717, 1.165) is 6.42 Å². The number of rotatable bonds is 6. The number of aliphatic imine (C=N–C) groups is 1. The van der Waals surface area contributed by atoms with Crippen molar-refractivity contribution < 1.29 is 0 Å². The number of unbranched alkanes of at least 4 members (excludes halogenated alkanes) is 3. The minimum absolute atomic E-state index is 0.256. The Morgan fingerprint density at radius 3 is 2.63 bits per heavy atom. The summed E-state index contributed by atoms with van der Waals surface area (Å²) in [6, 6.07) is 15.4. The summed E-state index contributed by atoms with van der Waals surface area (Å²) >= 11 is 0. The maximum absolute atomic E-state index is 4.65. The quantitative estimate of drug-likeness (QED) is 0.472. The molecule has 0 aliphatic carbocycles. The highest BCUT2D eigenvalue weighted by atomic mass is 14.7. The van der Waals surface area contributed by atoms with Crippen LogP contribution in [0.4, 0.5) is 0 Å². The van der Waals surface area contributed by atoms with Crippen molar-refractivity contribution in [1.82, 2.24) is 0 Å². The van der Waals surface area contributed by atoms with Crippen LogP contribution in [0.15, 0.2) is 47.5 Å². The third-order valence-electron chi connectivity index (χ3n) is 3.52. The van der Waals surface area contributed by atoms with Gasteiger partial charge in [0.25, 0.3) is 0 Å². The fourth-order valence-electron chi connectivity index (χ4n) is 2.27. The predicted molar refractivity (Wildman–Crippen MR) is 85.0 cm³/mol. The van der Waals surface area contributed by atoms with Crippen LogP contribution in [0.3, 0.4) is 0 Å². The second kappa shape index (κ2) is 7.08. The summed E-state index contributed by atoms with van der Waals surface area (Å²) < 4.78 is 0. The van der Waals surface area contributed by atoms with Crippen molar-refractivity contribution in [2.24, 2.45) is 4.99 Å². The SMILES string of the molecule is CCCCCC=NC(C)c1ccc2ccccc2c1. The predicted octanol–water partition coefficient (Wildman–Crippen LogP) is 5.55. The first-order valence-electron chi connectivity index (χ1n) is 7.31. The first-order valence-corrected chi connectivity index (χ1v) is 7.31. The van der Waals surface area contributed by atoms with E-state index in [0.29, 0.717) is 0 Å². The number of fused-ring (bicyclic) bond motifs is 1. The van der Waals surface area contributed by atoms with Crippen LogP contribution in [-0.4, -0.2) is 6.21 Å². The fourth-order valence-corrected chi connectivity index (χ4v) is 2.27. The molecule has 100 valence electrons. The lowest BCUT2D eigenvalue weighted by Crippen LogP contribution is -1.90. The molecule has 0 aromatic heterocycles. The smallest absolute Gasteiger partial charge is 0.0717 e. The van der Waals surface area contributed by atoms with Crippen molar-refractivity contribution in [3.8, 4) is 0 Å². The monoisotopic (exact) mass is 253 g/mol. The first kappa shape index (κ1) is 13.8.